The van der Waals surface area contributed by atoms with Gasteiger partial charge in [-0.05, 0) is 37.5 Å². The third-order valence-electron chi connectivity index (χ3n) is 3.75. The third kappa shape index (κ3) is 3.37. The molecular formula is C13H16ClNO5S. The molecule has 21 heavy (non-hydrogen) atoms. The van der Waals surface area contributed by atoms with Crippen molar-refractivity contribution in [2.24, 2.45) is 0 Å². The van der Waals surface area contributed by atoms with Gasteiger partial charge in [0.05, 0.1) is 16.2 Å². The van der Waals surface area contributed by atoms with Gasteiger partial charge in [0.1, 0.15) is 4.90 Å². The van der Waals surface area contributed by atoms with E-state index in [9.17, 15) is 13.2 Å². The topological polar surface area (TPSA) is 92.7 Å². The number of hydrogen-bond donors (Lipinski definition) is 2. The number of ether oxygens (including phenoxy) is 1. The van der Waals surface area contributed by atoms with Crippen LogP contribution in [0.3, 0.4) is 0 Å². The molecule has 1 saturated carbocycles. The number of benzene rings is 1. The highest BCUT2D eigenvalue weighted by Crippen LogP contribution is 2.34. The second-order valence-corrected chi connectivity index (χ2v) is 7.16. The number of sulfonamides is 1. The molecule has 0 aromatic heterocycles. The molecule has 2 N–H and O–H groups in total. The quantitative estimate of drug-likeness (QED) is 0.829. The van der Waals surface area contributed by atoms with Crippen LogP contribution in [0.15, 0.2) is 23.1 Å². The SMILES string of the molecule is COC1(CNS(=O)(=O)c2cc(C(=O)O)ccc2Cl)CCC1. The van der Waals surface area contributed by atoms with Crippen molar-refractivity contribution in [1.82, 2.24) is 4.72 Å². The lowest BCUT2D eigenvalue weighted by atomic mass is 9.80. The fraction of sp³-hybridized carbons (Fsp3) is 0.462. The molecule has 0 amide bonds. The van der Waals surface area contributed by atoms with E-state index in [1.807, 2.05) is 0 Å². The molecule has 1 aromatic carbocycles. The number of aromatic carboxylic acids is 1. The Morgan fingerprint density at radius 3 is 2.62 bits per heavy atom. The maximum Gasteiger partial charge on any atom is 0.335 e. The summed E-state index contributed by atoms with van der Waals surface area (Å²) in [6, 6.07) is 3.56. The van der Waals surface area contributed by atoms with Crippen LogP contribution in [0.25, 0.3) is 0 Å². The van der Waals surface area contributed by atoms with Crippen LogP contribution in [0.2, 0.25) is 5.02 Å². The van der Waals surface area contributed by atoms with E-state index in [2.05, 4.69) is 4.72 Å². The number of carboxylic acid groups (broad SMARTS) is 1. The van der Waals surface area contributed by atoms with Gasteiger partial charge in [0.25, 0.3) is 0 Å². The zero-order chi connectivity index (χ0) is 15.7. The fourth-order valence-electron chi connectivity index (χ4n) is 2.17. The molecule has 0 unspecified atom stereocenters. The first kappa shape index (κ1) is 16.2. The summed E-state index contributed by atoms with van der Waals surface area (Å²) in [5.74, 6) is -1.21. The molecule has 0 spiro atoms. The Hall–Kier alpha value is -1.15. The second-order valence-electron chi connectivity index (χ2n) is 5.02. The summed E-state index contributed by atoms with van der Waals surface area (Å²) >= 11 is 5.87. The summed E-state index contributed by atoms with van der Waals surface area (Å²) in [4.78, 5) is 10.7. The van der Waals surface area contributed by atoms with E-state index in [1.165, 1.54) is 12.1 Å². The molecule has 0 aliphatic heterocycles. The monoisotopic (exact) mass is 333 g/mol. The van der Waals surface area contributed by atoms with E-state index < -0.39 is 21.6 Å². The lowest BCUT2D eigenvalue weighted by molar-refractivity contribution is -0.0659. The van der Waals surface area contributed by atoms with Crippen molar-refractivity contribution in [1.29, 1.82) is 0 Å². The van der Waals surface area contributed by atoms with Gasteiger partial charge in [-0.1, -0.05) is 11.6 Å². The fourth-order valence-corrected chi connectivity index (χ4v) is 3.81. The summed E-state index contributed by atoms with van der Waals surface area (Å²) in [5.41, 5.74) is -0.603. The molecule has 1 aliphatic rings. The van der Waals surface area contributed by atoms with E-state index in [0.29, 0.717) is 0 Å². The minimum absolute atomic E-state index is 0.0208. The molecule has 0 atom stereocenters. The standard InChI is InChI=1S/C13H16ClNO5S/c1-20-13(5-2-6-13)8-15-21(18,19)11-7-9(12(16)17)3-4-10(11)14/h3-4,7,15H,2,5-6,8H2,1H3,(H,16,17). The predicted molar refractivity (Wildman–Crippen MR) is 77.2 cm³/mol. The van der Waals surface area contributed by atoms with Gasteiger partial charge in [0.2, 0.25) is 10.0 Å². The average Bonchev–Trinajstić information content (AvgIpc) is 2.38. The second kappa shape index (κ2) is 5.92. The maximum atomic E-state index is 12.3. The van der Waals surface area contributed by atoms with Gasteiger partial charge in [0.15, 0.2) is 0 Å². The van der Waals surface area contributed by atoms with Gasteiger partial charge in [-0.15, -0.1) is 0 Å². The van der Waals surface area contributed by atoms with Gasteiger partial charge in [-0.3, -0.25) is 0 Å². The lowest BCUT2D eigenvalue weighted by Crippen LogP contribution is -2.49. The van der Waals surface area contributed by atoms with E-state index in [1.54, 1.807) is 7.11 Å². The van der Waals surface area contributed by atoms with Crippen LogP contribution < -0.4 is 4.72 Å². The molecule has 0 radical (unpaired) electrons. The number of methoxy groups -OCH3 is 1. The van der Waals surface area contributed by atoms with E-state index in [0.717, 1.165) is 25.3 Å². The Morgan fingerprint density at radius 1 is 1.48 bits per heavy atom. The molecule has 0 bridgehead atoms. The van der Waals surface area contributed by atoms with Crippen molar-refractivity contribution >= 4 is 27.6 Å². The highest BCUT2D eigenvalue weighted by atomic mass is 35.5. The van der Waals surface area contributed by atoms with Gasteiger partial charge < -0.3 is 9.84 Å². The molecule has 0 saturated heterocycles. The molecule has 1 aliphatic carbocycles. The number of halogens is 1. The van der Waals surface area contributed by atoms with Crippen molar-refractivity contribution in [3.05, 3.63) is 28.8 Å². The van der Waals surface area contributed by atoms with Gasteiger partial charge in [-0.25, -0.2) is 17.9 Å². The van der Waals surface area contributed by atoms with Crippen LogP contribution in [0.1, 0.15) is 29.6 Å². The minimum Gasteiger partial charge on any atom is -0.478 e. The van der Waals surface area contributed by atoms with Crippen LogP contribution in [-0.2, 0) is 14.8 Å². The molecule has 1 fully saturated rings. The number of nitrogens with one attached hydrogen (secondary N) is 1. The predicted octanol–water partition coefficient (Wildman–Crippen LogP) is 1.89. The van der Waals surface area contributed by atoms with E-state index in [4.69, 9.17) is 21.4 Å². The summed E-state index contributed by atoms with van der Waals surface area (Å²) in [5, 5.41) is 8.91. The Kier molecular flexibility index (Phi) is 4.57. The summed E-state index contributed by atoms with van der Waals surface area (Å²) in [7, 11) is -2.34. The molecule has 2 rings (SSSR count). The summed E-state index contributed by atoms with van der Waals surface area (Å²) in [6.07, 6.45) is 2.56. The summed E-state index contributed by atoms with van der Waals surface area (Å²) < 4.78 is 32.4. The number of hydrogen-bond acceptors (Lipinski definition) is 4. The van der Waals surface area contributed by atoms with Gasteiger partial charge >= 0.3 is 5.97 Å². The number of carboxylic acids is 1. The van der Waals surface area contributed by atoms with Crippen LogP contribution in [0, 0.1) is 0 Å². The Balaban J connectivity index is 2.23. The molecule has 0 heterocycles. The molecule has 8 heteroatoms. The first-order valence-corrected chi connectivity index (χ1v) is 8.23. The lowest BCUT2D eigenvalue weighted by Gasteiger charge is -2.40. The van der Waals surface area contributed by atoms with Crippen LogP contribution in [-0.4, -0.2) is 38.7 Å². The maximum absolute atomic E-state index is 12.3. The van der Waals surface area contributed by atoms with Crippen LogP contribution in [0.4, 0.5) is 0 Å². The van der Waals surface area contributed by atoms with Crippen LogP contribution in [0.5, 0.6) is 0 Å². The largest absolute Gasteiger partial charge is 0.478 e. The van der Waals surface area contributed by atoms with Gasteiger partial charge in [-0.2, -0.15) is 0 Å². The van der Waals surface area contributed by atoms with Gasteiger partial charge in [0, 0.05) is 13.7 Å². The van der Waals surface area contributed by atoms with Crippen molar-refractivity contribution in [2.75, 3.05) is 13.7 Å². The van der Waals surface area contributed by atoms with Crippen molar-refractivity contribution in [2.45, 2.75) is 29.8 Å². The molecule has 116 valence electrons. The number of rotatable bonds is 6. The minimum atomic E-state index is -3.89. The zero-order valence-corrected chi connectivity index (χ0v) is 13.0. The first-order chi connectivity index (χ1) is 9.80. The van der Waals surface area contributed by atoms with Crippen molar-refractivity contribution < 1.29 is 23.1 Å². The zero-order valence-electron chi connectivity index (χ0n) is 11.4. The third-order valence-corrected chi connectivity index (χ3v) is 5.63. The molecule has 6 nitrogen and oxygen atoms in total. The average molecular weight is 334 g/mol. The summed E-state index contributed by atoms with van der Waals surface area (Å²) in [6.45, 7) is 0.138. The number of carbonyl (C=O) groups is 1. The Labute approximate surface area is 128 Å². The van der Waals surface area contributed by atoms with E-state index >= 15 is 0 Å². The van der Waals surface area contributed by atoms with Crippen molar-refractivity contribution in [3.63, 3.8) is 0 Å². The highest BCUT2D eigenvalue weighted by molar-refractivity contribution is 7.89. The highest BCUT2D eigenvalue weighted by Gasteiger charge is 2.38. The Morgan fingerprint density at radius 2 is 2.14 bits per heavy atom. The smallest absolute Gasteiger partial charge is 0.335 e. The molecular weight excluding hydrogens is 318 g/mol. The van der Waals surface area contributed by atoms with E-state index in [-0.39, 0.29) is 22.0 Å². The Bertz CT molecular complexity index is 649. The normalized spacial score (nSPS) is 17.2. The van der Waals surface area contributed by atoms with Crippen molar-refractivity contribution in [3.8, 4) is 0 Å². The first-order valence-electron chi connectivity index (χ1n) is 6.37. The van der Waals surface area contributed by atoms with Crippen LogP contribution >= 0.6 is 11.6 Å². The molecule has 1 aromatic rings.